The Morgan fingerprint density at radius 3 is 2.50 bits per heavy atom. The van der Waals surface area contributed by atoms with Crippen LogP contribution < -0.4 is 11.1 Å². The number of fused-ring (bicyclic) bond motifs is 6. The second-order valence-corrected chi connectivity index (χ2v) is 7.95. The highest BCUT2D eigenvalue weighted by Crippen LogP contribution is 2.47. The van der Waals surface area contributed by atoms with Gasteiger partial charge in [0.15, 0.2) is 0 Å². The van der Waals surface area contributed by atoms with E-state index < -0.39 is 0 Å². The Hall–Kier alpha value is -3.66. The number of hydrogen-bond donors (Lipinski definition) is 2. The Labute approximate surface area is 173 Å². The van der Waals surface area contributed by atoms with Gasteiger partial charge in [-0.3, -0.25) is 0 Å². The van der Waals surface area contributed by atoms with Crippen LogP contribution in [0.15, 0.2) is 72.8 Å². The molecule has 0 heterocycles. The van der Waals surface area contributed by atoms with E-state index in [0.29, 0.717) is 28.9 Å². The van der Waals surface area contributed by atoms with Crippen LogP contribution in [0.2, 0.25) is 0 Å². The summed E-state index contributed by atoms with van der Waals surface area (Å²) in [6, 6.07) is 21.7. The van der Waals surface area contributed by atoms with Gasteiger partial charge in [0, 0.05) is 22.5 Å². The van der Waals surface area contributed by atoms with Gasteiger partial charge in [0.1, 0.15) is 11.6 Å². The maximum Gasteiger partial charge on any atom is 0.133 e. The lowest BCUT2D eigenvalue weighted by molar-refractivity contribution is 0.608. The number of hydrogen-bond acceptors (Lipinski definition) is 2. The van der Waals surface area contributed by atoms with Crippen LogP contribution in [0.25, 0.3) is 22.3 Å². The Morgan fingerprint density at radius 2 is 1.60 bits per heavy atom. The van der Waals surface area contributed by atoms with E-state index in [4.69, 9.17) is 5.73 Å². The molecule has 0 amide bonds. The van der Waals surface area contributed by atoms with Crippen molar-refractivity contribution in [2.45, 2.75) is 12.5 Å². The second kappa shape index (κ2) is 6.17. The van der Waals surface area contributed by atoms with Gasteiger partial charge < -0.3 is 11.1 Å². The number of nitrogens with two attached hydrogens (primary N) is 1. The largest absolute Gasteiger partial charge is 0.399 e. The number of anilines is 2. The maximum atomic E-state index is 15.1. The molecule has 1 unspecified atom stereocenters. The number of halogens is 2. The van der Waals surface area contributed by atoms with E-state index in [1.165, 1.54) is 12.1 Å². The zero-order chi connectivity index (χ0) is 20.4. The molecule has 0 bridgehead atoms. The van der Waals surface area contributed by atoms with E-state index in [1.54, 1.807) is 12.1 Å². The lowest BCUT2D eigenvalue weighted by atomic mass is 10.0. The summed E-state index contributed by atoms with van der Waals surface area (Å²) in [5.74, 6) is -0.538. The summed E-state index contributed by atoms with van der Waals surface area (Å²) < 4.78 is 29.9. The monoisotopic (exact) mass is 396 g/mol. The van der Waals surface area contributed by atoms with Crippen molar-refractivity contribution >= 4 is 11.4 Å². The maximum absolute atomic E-state index is 15.1. The van der Waals surface area contributed by atoms with Crippen LogP contribution in [0, 0.1) is 11.6 Å². The van der Waals surface area contributed by atoms with Gasteiger partial charge in [-0.25, -0.2) is 8.78 Å². The number of rotatable bonds is 2. The summed E-state index contributed by atoms with van der Waals surface area (Å²) >= 11 is 0. The zero-order valence-corrected chi connectivity index (χ0v) is 16.0. The van der Waals surface area contributed by atoms with Crippen molar-refractivity contribution < 1.29 is 8.78 Å². The lowest BCUT2D eigenvalue weighted by Gasteiger charge is -2.19. The first-order valence-electron chi connectivity index (χ1n) is 9.95. The van der Waals surface area contributed by atoms with Crippen LogP contribution in [-0.4, -0.2) is 0 Å². The van der Waals surface area contributed by atoms with Crippen LogP contribution in [-0.2, 0) is 6.42 Å². The Bertz CT molecular complexity index is 1340. The number of nitrogens with one attached hydrogen (secondary N) is 1. The quantitative estimate of drug-likeness (QED) is 0.344. The third-order valence-electron chi connectivity index (χ3n) is 6.17. The van der Waals surface area contributed by atoms with Crippen LogP contribution in [0.5, 0.6) is 0 Å². The predicted molar refractivity (Wildman–Crippen MR) is 116 cm³/mol. The molecule has 2 nitrogen and oxygen atoms in total. The zero-order valence-electron chi connectivity index (χ0n) is 16.0. The van der Waals surface area contributed by atoms with Gasteiger partial charge in [-0.05, 0) is 70.1 Å². The molecule has 3 N–H and O–H groups in total. The molecular weight excluding hydrogens is 378 g/mol. The van der Waals surface area contributed by atoms with Gasteiger partial charge in [0.25, 0.3) is 0 Å². The third-order valence-corrected chi connectivity index (χ3v) is 6.17. The first-order valence-corrected chi connectivity index (χ1v) is 9.95. The summed E-state index contributed by atoms with van der Waals surface area (Å²) in [5, 5.41) is 3.40. The SMILES string of the molecule is Nc1ccc2c(c1)Cc1cc(NC3c4ccccc4-c4cccc(F)c43)cc(F)c1-2. The van der Waals surface area contributed by atoms with Gasteiger partial charge >= 0.3 is 0 Å². The fraction of sp³-hybridized carbons (Fsp3) is 0.0769. The molecule has 2 aliphatic rings. The molecule has 0 radical (unpaired) electrons. The number of benzene rings is 4. The minimum Gasteiger partial charge on any atom is -0.399 e. The lowest BCUT2D eigenvalue weighted by Crippen LogP contribution is -2.11. The molecule has 4 aromatic rings. The first kappa shape index (κ1) is 17.2. The van der Waals surface area contributed by atoms with Gasteiger partial charge in [-0.15, -0.1) is 0 Å². The standard InChI is InChI=1S/C26H18F2N2/c27-22-7-3-6-20-19-4-1-2-5-21(19)26(25(20)22)30-17-12-15-10-14-11-16(29)8-9-18(14)24(15)23(28)13-17/h1-9,11-13,26,30H,10,29H2. The van der Waals surface area contributed by atoms with Crippen molar-refractivity contribution in [2.75, 3.05) is 11.1 Å². The van der Waals surface area contributed by atoms with Crippen molar-refractivity contribution in [2.24, 2.45) is 0 Å². The molecular formula is C26H18F2N2. The van der Waals surface area contributed by atoms with Crippen LogP contribution >= 0.6 is 0 Å². The molecule has 1 atom stereocenters. The molecule has 4 aromatic carbocycles. The average molecular weight is 396 g/mol. The van der Waals surface area contributed by atoms with Crippen molar-refractivity contribution in [3.8, 4) is 22.3 Å². The summed E-state index contributed by atoms with van der Waals surface area (Å²) in [5.41, 5.74) is 14.2. The minimum absolute atomic E-state index is 0.259. The highest BCUT2D eigenvalue weighted by atomic mass is 19.1. The molecule has 30 heavy (non-hydrogen) atoms. The highest BCUT2D eigenvalue weighted by molar-refractivity contribution is 5.83. The minimum atomic E-state index is -0.366. The molecule has 2 aliphatic carbocycles. The predicted octanol–water partition coefficient (Wildman–Crippen LogP) is 6.30. The smallest absolute Gasteiger partial charge is 0.133 e. The molecule has 0 saturated heterocycles. The Kier molecular flexibility index (Phi) is 3.54. The molecule has 0 fully saturated rings. The average Bonchev–Trinajstić information content (AvgIpc) is 3.25. The molecule has 0 aliphatic heterocycles. The van der Waals surface area contributed by atoms with E-state index in [1.807, 2.05) is 48.5 Å². The Morgan fingerprint density at radius 1 is 0.767 bits per heavy atom. The summed E-state index contributed by atoms with van der Waals surface area (Å²) in [6.45, 7) is 0. The van der Waals surface area contributed by atoms with E-state index in [2.05, 4.69) is 5.32 Å². The molecule has 0 saturated carbocycles. The highest BCUT2D eigenvalue weighted by Gasteiger charge is 2.32. The molecule has 0 spiro atoms. The van der Waals surface area contributed by atoms with Gasteiger partial charge in [-0.1, -0.05) is 42.5 Å². The van der Waals surface area contributed by atoms with E-state index >= 15 is 4.39 Å². The normalized spacial score (nSPS) is 15.3. The summed E-state index contributed by atoms with van der Waals surface area (Å²) in [4.78, 5) is 0. The number of nitrogen functional groups attached to an aromatic ring is 1. The molecule has 0 aromatic heterocycles. The van der Waals surface area contributed by atoms with E-state index in [9.17, 15) is 4.39 Å². The first-order chi connectivity index (χ1) is 14.6. The fourth-order valence-electron chi connectivity index (χ4n) is 4.93. The van der Waals surface area contributed by atoms with Gasteiger partial charge in [0.05, 0.1) is 6.04 Å². The summed E-state index contributed by atoms with van der Waals surface area (Å²) in [7, 11) is 0. The van der Waals surface area contributed by atoms with E-state index in [-0.39, 0.29) is 17.7 Å². The van der Waals surface area contributed by atoms with Crippen molar-refractivity contribution in [3.05, 3.63) is 107 Å². The summed E-state index contributed by atoms with van der Waals surface area (Å²) in [6.07, 6.45) is 0.633. The molecule has 146 valence electrons. The van der Waals surface area contributed by atoms with Crippen LogP contribution in [0.3, 0.4) is 0 Å². The van der Waals surface area contributed by atoms with Crippen LogP contribution in [0.4, 0.5) is 20.2 Å². The van der Waals surface area contributed by atoms with Crippen LogP contribution in [0.1, 0.15) is 28.3 Å². The van der Waals surface area contributed by atoms with E-state index in [0.717, 1.165) is 33.4 Å². The van der Waals surface area contributed by atoms with Gasteiger partial charge in [-0.2, -0.15) is 0 Å². The fourth-order valence-corrected chi connectivity index (χ4v) is 4.93. The van der Waals surface area contributed by atoms with Crippen molar-refractivity contribution in [1.82, 2.24) is 0 Å². The Balaban J connectivity index is 1.44. The molecule has 6 rings (SSSR count). The molecule has 4 heteroatoms. The van der Waals surface area contributed by atoms with Gasteiger partial charge in [0.2, 0.25) is 0 Å². The third kappa shape index (κ3) is 2.40. The van der Waals surface area contributed by atoms with Crippen molar-refractivity contribution in [1.29, 1.82) is 0 Å². The van der Waals surface area contributed by atoms with Crippen molar-refractivity contribution in [3.63, 3.8) is 0 Å². The second-order valence-electron chi connectivity index (χ2n) is 7.95. The topological polar surface area (TPSA) is 38.0 Å².